The molecule has 0 atom stereocenters. The van der Waals surface area contributed by atoms with Gasteiger partial charge in [0.05, 0.1) is 45.5 Å². The molecule has 1 aliphatic heterocycles. The minimum absolute atomic E-state index is 0.0305. The van der Waals surface area contributed by atoms with Crippen LogP contribution < -0.4 is 10.6 Å². The summed E-state index contributed by atoms with van der Waals surface area (Å²) in [5, 5.41) is 7.42. The Balaban J connectivity index is 1.75. The summed E-state index contributed by atoms with van der Waals surface area (Å²) in [6, 6.07) is 8.94. The summed E-state index contributed by atoms with van der Waals surface area (Å²) in [6.07, 6.45) is 3.52. The average Bonchev–Trinajstić information content (AvgIpc) is 3.49. The quantitative estimate of drug-likeness (QED) is 0.160. The number of esters is 2. The Morgan fingerprint density at radius 3 is 1.87 bits per heavy atom. The second-order valence-electron chi connectivity index (χ2n) is 8.92. The third-order valence-electron chi connectivity index (χ3n) is 6.05. The second-order valence-corrected chi connectivity index (χ2v) is 11.8. The molecule has 3 N–H and O–H groups in total. The van der Waals surface area contributed by atoms with E-state index < -0.39 is 59.1 Å². The highest BCUT2D eigenvalue weighted by Crippen LogP contribution is 2.26. The van der Waals surface area contributed by atoms with Gasteiger partial charge >= 0.3 is 11.9 Å². The number of anilines is 1. The highest BCUT2D eigenvalue weighted by molar-refractivity contribution is 7.86. The lowest BCUT2D eigenvalue weighted by Crippen LogP contribution is -2.23. The van der Waals surface area contributed by atoms with Crippen molar-refractivity contribution >= 4 is 55.6 Å². The molecule has 18 heteroatoms. The van der Waals surface area contributed by atoms with Gasteiger partial charge in [0.15, 0.2) is 11.4 Å². The summed E-state index contributed by atoms with van der Waals surface area (Å²) in [5.74, 6) is -2.68. The molecule has 16 nitrogen and oxygen atoms in total. The van der Waals surface area contributed by atoms with Gasteiger partial charge in [0.25, 0.3) is 31.7 Å². The van der Waals surface area contributed by atoms with Crippen molar-refractivity contribution in [1.29, 1.82) is 0 Å². The number of benzene rings is 2. The molecule has 0 spiro atoms. The van der Waals surface area contributed by atoms with Crippen LogP contribution in [0.15, 0.2) is 85.9 Å². The normalized spacial score (nSPS) is 14.7. The van der Waals surface area contributed by atoms with Crippen LogP contribution >= 0.6 is 0 Å². The number of allylic oxidation sites excluding steroid dienone is 2. The first-order valence-corrected chi connectivity index (χ1v) is 15.7. The van der Waals surface area contributed by atoms with E-state index >= 15 is 0 Å². The van der Waals surface area contributed by atoms with E-state index in [0.717, 1.165) is 40.0 Å². The highest BCUT2D eigenvalue weighted by atomic mass is 32.2. The van der Waals surface area contributed by atoms with Crippen LogP contribution in [0.3, 0.4) is 0 Å². The van der Waals surface area contributed by atoms with E-state index in [0.29, 0.717) is 0 Å². The van der Waals surface area contributed by atoms with E-state index in [1.54, 1.807) is 6.92 Å². The number of hydrazone groups is 1. The molecule has 0 aliphatic carbocycles. The average molecular weight is 661 g/mol. The topological polar surface area (TPSA) is 232 Å². The van der Waals surface area contributed by atoms with Crippen LogP contribution in [0.1, 0.15) is 29.9 Å². The predicted molar refractivity (Wildman–Crippen MR) is 157 cm³/mol. The second kappa shape index (κ2) is 12.8. The Labute approximate surface area is 255 Å². The molecule has 2 heterocycles. The van der Waals surface area contributed by atoms with E-state index in [9.17, 15) is 45.1 Å². The zero-order valence-corrected chi connectivity index (χ0v) is 25.0. The van der Waals surface area contributed by atoms with E-state index in [-0.39, 0.29) is 41.4 Å². The molecule has 0 saturated heterocycles. The molecule has 3 aromatic rings. The van der Waals surface area contributed by atoms with Gasteiger partial charge in [-0.2, -0.15) is 26.9 Å². The molecule has 1 aromatic heterocycles. The number of rotatable bonds is 10. The summed E-state index contributed by atoms with van der Waals surface area (Å²) in [5.41, 5.74) is -1.78. The number of aromatic nitrogens is 2. The van der Waals surface area contributed by atoms with Crippen LogP contribution in [0, 0.1) is 0 Å². The van der Waals surface area contributed by atoms with Crippen molar-refractivity contribution < 1.29 is 49.8 Å². The number of aromatic amines is 1. The van der Waals surface area contributed by atoms with Crippen LogP contribution in [-0.4, -0.2) is 72.5 Å². The number of hydrogen-bond acceptors (Lipinski definition) is 11. The fraction of sp³-hybridized carbons (Fsp3) is 0.148. The van der Waals surface area contributed by atoms with Crippen molar-refractivity contribution in [3.8, 4) is 5.69 Å². The fourth-order valence-electron chi connectivity index (χ4n) is 4.00. The van der Waals surface area contributed by atoms with Gasteiger partial charge in [-0.05, 0) is 74.5 Å². The van der Waals surface area contributed by atoms with Crippen molar-refractivity contribution in [1.82, 2.24) is 9.78 Å². The number of carbonyl (C=O) groups is 3. The van der Waals surface area contributed by atoms with Gasteiger partial charge in [0.1, 0.15) is 0 Å². The maximum atomic E-state index is 13.3. The first kappa shape index (κ1) is 32.7. The summed E-state index contributed by atoms with van der Waals surface area (Å²) in [4.78, 5) is 51.0. The van der Waals surface area contributed by atoms with Crippen molar-refractivity contribution in [2.24, 2.45) is 5.10 Å². The third kappa shape index (κ3) is 6.99. The molecule has 45 heavy (non-hydrogen) atoms. The molecule has 0 unspecified atom stereocenters. The van der Waals surface area contributed by atoms with Crippen molar-refractivity contribution in [3.05, 3.63) is 87.9 Å². The van der Waals surface area contributed by atoms with Crippen LogP contribution in [0.4, 0.5) is 5.69 Å². The number of nitrogens with one attached hydrogen (secondary N) is 1. The van der Waals surface area contributed by atoms with Crippen LogP contribution in [-0.2, 0) is 39.3 Å². The number of nitrogens with zero attached hydrogens (tertiary/aromatic N) is 3. The Kier molecular flexibility index (Phi) is 9.33. The minimum atomic E-state index is -4.51. The molecule has 0 fully saturated rings. The summed E-state index contributed by atoms with van der Waals surface area (Å²) >= 11 is 0. The first-order valence-electron chi connectivity index (χ1n) is 12.8. The van der Waals surface area contributed by atoms with Gasteiger partial charge in [-0.15, -0.1) is 0 Å². The Bertz CT molecular complexity index is 2040. The molecule has 2 aromatic carbocycles. The number of amides is 1. The Morgan fingerprint density at radius 1 is 0.844 bits per heavy atom. The van der Waals surface area contributed by atoms with Gasteiger partial charge in [0, 0.05) is 0 Å². The summed E-state index contributed by atoms with van der Waals surface area (Å²) < 4.78 is 74.9. The van der Waals surface area contributed by atoms with Crippen LogP contribution in [0.5, 0.6) is 0 Å². The molecule has 1 aliphatic rings. The van der Waals surface area contributed by atoms with Gasteiger partial charge in [0.2, 0.25) is 0 Å². The zero-order valence-electron chi connectivity index (χ0n) is 23.4. The number of carbonyl (C=O) groups excluding carboxylic acids is 3. The maximum Gasteiger partial charge on any atom is 0.359 e. The molecular weight excluding hydrogens is 636 g/mol. The van der Waals surface area contributed by atoms with Crippen molar-refractivity contribution in [3.63, 3.8) is 0 Å². The molecule has 236 valence electrons. The van der Waals surface area contributed by atoms with E-state index in [2.05, 4.69) is 10.2 Å². The minimum Gasteiger partial charge on any atom is -0.461 e. The van der Waals surface area contributed by atoms with Gasteiger partial charge in [-0.25, -0.2) is 14.3 Å². The van der Waals surface area contributed by atoms with Crippen molar-refractivity contribution in [2.75, 3.05) is 18.2 Å². The van der Waals surface area contributed by atoms with Crippen LogP contribution in [0.2, 0.25) is 0 Å². The molecular formula is C27H24N4O12S2. The molecule has 0 radical (unpaired) electrons. The lowest BCUT2D eigenvalue weighted by Gasteiger charge is -2.11. The lowest BCUT2D eigenvalue weighted by molar-refractivity contribution is -0.135. The van der Waals surface area contributed by atoms with Gasteiger partial charge < -0.3 is 9.47 Å². The standard InChI is InChI=1S/C27H24N4O12S2/c1-3-42-26(34)22-20(24(32)30(28-22)16-8-12-18(13-9-16)44(36,37)38)6-5-7-21-23(27(35)43-4-2)29-31(25(21)33)17-10-14-19(15-11-17)45(39,40)41/h5-15,28H,3-4H2,1-2H3,(H,36,37,38)(H,39,40,41). The smallest absolute Gasteiger partial charge is 0.359 e. The SMILES string of the molecule is CCOC(=O)C1=NN(c2ccc(S(=O)(=O)O)cc2)C(=O)C1=CC=Cc1c(C(=O)OCC)[nH]n(-c2ccc(S(=O)(=O)O)cc2)c1=O. The number of hydrogen-bond donors (Lipinski definition) is 3. The predicted octanol–water partition coefficient (Wildman–Crippen LogP) is 1.74. The zero-order chi connectivity index (χ0) is 33.1. The summed E-state index contributed by atoms with van der Waals surface area (Å²) in [7, 11) is -9.01. The fourth-order valence-corrected chi connectivity index (χ4v) is 4.96. The van der Waals surface area contributed by atoms with E-state index in [1.165, 1.54) is 43.3 Å². The lowest BCUT2D eigenvalue weighted by atomic mass is 10.1. The first-order chi connectivity index (χ1) is 21.2. The van der Waals surface area contributed by atoms with Crippen molar-refractivity contribution in [2.45, 2.75) is 23.6 Å². The molecule has 1 amide bonds. The largest absolute Gasteiger partial charge is 0.461 e. The highest BCUT2D eigenvalue weighted by Gasteiger charge is 2.36. The third-order valence-corrected chi connectivity index (χ3v) is 7.79. The molecule has 0 bridgehead atoms. The number of ether oxygens (including phenoxy) is 2. The van der Waals surface area contributed by atoms with Gasteiger partial charge in [-0.3, -0.25) is 23.8 Å². The van der Waals surface area contributed by atoms with E-state index in [4.69, 9.17) is 9.47 Å². The monoisotopic (exact) mass is 660 g/mol. The maximum absolute atomic E-state index is 13.3. The van der Waals surface area contributed by atoms with Crippen LogP contribution in [0.25, 0.3) is 11.8 Å². The Morgan fingerprint density at radius 2 is 1.36 bits per heavy atom. The summed E-state index contributed by atoms with van der Waals surface area (Å²) in [6.45, 7) is 3.01. The number of H-pyrrole nitrogens is 1. The van der Waals surface area contributed by atoms with Gasteiger partial charge in [-0.1, -0.05) is 6.08 Å². The molecule has 4 rings (SSSR count). The van der Waals surface area contributed by atoms with E-state index in [1.807, 2.05) is 0 Å². The molecule has 0 saturated carbocycles. The Hall–Kier alpha value is -5.17.